The molecular weight excluding hydrogens is 170 g/mol. The van der Waals surface area contributed by atoms with Crippen LogP contribution in [0.4, 0.5) is 5.00 Å². The van der Waals surface area contributed by atoms with E-state index in [1.54, 1.807) is 6.20 Å². The van der Waals surface area contributed by atoms with Gasteiger partial charge in [0.2, 0.25) is 0 Å². The van der Waals surface area contributed by atoms with Crippen LogP contribution in [0.1, 0.15) is 27.2 Å². The second-order valence-electron chi connectivity index (χ2n) is 3.46. The van der Waals surface area contributed by atoms with Crippen LogP contribution in [0.5, 0.6) is 0 Å². The Hall–Kier alpha value is -0.640. The first-order valence-corrected chi connectivity index (χ1v) is 4.99. The van der Waals surface area contributed by atoms with E-state index in [2.05, 4.69) is 35.7 Å². The summed E-state index contributed by atoms with van der Waals surface area (Å²) in [7, 11) is 0. The molecule has 1 rings (SSSR count). The average Bonchev–Trinajstić information content (AvgIpc) is 2.37. The van der Waals surface area contributed by atoms with E-state index in [1.165, 1.54) is 18.0 Å². The number of nitrogens with one attached hydrogen (secondary N) is 1. The highest BCUT2D eigenvalue weighted by Gasteiger charge is 2.05. The number of hydrogen-bond acceptors (Lipinski definition) is 4. The van der Waals surface area contributed by atoms with E-state index in [-0.39, 0.29) is 0 Å². The number of nitrogens with zero attached hydrogens (tertiary/aromatic N) is 2. The summed E-state index contributed by atoms with van der Waals surface area (Å²) in [6.07, 6.45) is 2.94. The smallest absolute Gasteiger partial charge is 0.130 e. The summed E-state index contributed by atoms with van der Waals surface area (Å²) in [6.45, 7) is 6.63. The van der Waals surface area contributed by atoms with Gasteiger partial charge in [0, 0.05) is 17.6 Å². The molecule has 1 atom stereocenters. The van der Waals surface area contributed by atoms with Crippen LogP contribution in [0, 0.1) is 5.92 Å². The zero-order valence-corrected chi connectivity index (χ0v) is 8.56. The second-order valence-corrected chi connectivity index (χ2v) is 4.24. The molecule has 0 spiro atoms. The van der Waals surface area contributed by atoms with Crippen molar-refractivity contribution in [2.75, 3.05) is 5.32 Å². The largest absolute Gasteiger partial charge is 0.372 e. The van der Waals surface area contributed by atoms with E-state index >= 15 is 0 Å². The number of rotatable bonds is 4. The van der Waals surface area contributed by atoms with Gasteiger partial charge < -0.3 is 5.32 Å². The zero-order valence-electron chi connectivity index (χ0n) is 7.74. The fourth-order valence-corrected chi connectivity index (χ4v) is 1.77. The summed E-state index contributed by atoms with van der Waals surface area (Å²) < 4.78 is 3.78. The molecular formula is C8H15N3S. The van der Waals surface area contributed by atoms with Crippen molar-refractivity contribution in [1.29, 1.82) is 0 Å². The minimum absolute atomic E-state index is 0.507. The van der Waals surface area contributed by atoms with Gasteiger partial charge in [-0.05, 0) is 19.3 Å². The van der Waals surface area contributed by atoms with Crippen molar-refractivity contribution in [3.05, 3.63) is 6.20 Å². The summed E-state index contributed by atoms with van der Waals surface area (Å²) in [4.78, 5) is 0. The quantitative estimate of drug-likeness (QED) is 0.782. The molecule has 1 aromatic rings. The first kappa shape index (κ1) is 9.45. The van der Waals surface area contributed by atoms with Gasteiger partial charge in [-0.2, -0.15) is 0 Å². The van der Waals surface area contributed by atoms with Gasteiger partial charge in [-0.15, -0.1) is 5.10 Å². The van der Waals surface area contributed by atoms with Crippen molar-refractivity contribution in [3.8, 4) is 0 Å². The van der Waals surface area contributed by atoms with Crippen LogP contribution in [-0.2, 0) is 0 Å². The van der Waals surface area contributed by atoms with Crippen molar-refractivity contribution in [1.82, 2.24) is 9.59 Å². The fourth-order valence-electron chi connectivity index (χ4n) is 1.24. The summed E-state index contributed by atoms with van der Waals surface area (Å²) in [6, 6.07) is 0.507. The molecule has 0 bridgehead atoms. The Morgan fingerprint density at radius 1 is 1.50 bits per heavy atom. The van der Waals surface area contributed by atoms with Crippen LogP contribution in [0.3, 0.4) is 0 Å². The van der Waals surface area contributed by atoms with Gasteiger partial charge in [0.25, 0.3) is 0 Å². The van der Waals surface area contributed by atoms with Crippen LogP contribution < -0.4 is 5.32 Å². The first-order chi connectivity index (χ1) is 5.68. The Labute approximate surface area is 77.4 Å². The highest BCUT2D eigenvalue weighted by atomic mass is 32.1. The van der Waals surface area contributed by atoms with E-state index in [1.807, 2.05) is 0 Å². The molecule has 3 nitrogen and oxygen atoms in total. The predicted molar refractivity (Wildman–Crippen MR) is 52.4 cm³/mol. The van der Waals surface area contributed by atoms with Gasteiger partial charge >= 0.3 is 0 Å². The molecule has 0 aliphatic rings. The highest BCUT2D eigenvalue weighted by Crippen LogP contribution is 2.14. The monoisotopic (exact) mass is 185 g/mol. The van der Waals surface area contributed by atoms with Crippen LogP contribution in [-0.4, -0.2) is 15.6 Å². The number of anilines is 1. The molecule has 0 amide bonds. The van der Waals surface area contributed by atoms with E-state index < -0.39 is 0 Å². The maximum atomic E-state index is 3.78. The first-order valence-electron chi connectivity index (χ1n) is 4.22. The Bertz CT molecular complexity index is 208. The third-order valence-electron chi connectivity index (χ3n) is 1.57. The van der Waals surface area contributed by atoms with Crippen LogP contribution >= 0.6 is 11.5 Å². The lowest BCUT2D eigenvalue weighted by Crippen LogP contribution is -2.16. The van der Waals surface area contributed by atoms with Gasteiger partial charge in [0.05, 0.1) is 6.20 Å². The Morgan fingerprint density at radius 2 is 2.25 bits per heavy atom. The van der Waals surface area contributed by atoms with Crippen molar-refractivity contribution >= 4 is 16.5 Å². The topological polar surface area (TPSA) is 37.8 Å². The molecule has 1 aromatic heterocycles. The summed E-state index contributed by atoms with van der Waals surface area (Å²) in [5.41, 5.74) is 0. The van der Waals surface area contributed by atoms with E-state index in [0.717, 1.165) is 10.9 Å². The molecule has 4 heteroatoms. The van der Waals surface area contributed by atoms with Gasteiger partial charge in [-0.1, -0.05) is 18.3 Å². The van der Waals surface area contributed by atoms with E-state index in [0.29, 0.717) is 6.04 Å². The van der Waals surface area contributed by atoms with E-state index in [4.69, 9.17) is 0 Å². The van der Waals surface area contributed by atoms with Crippen LogP contribution in [0.15, 0.2) is 6.20 Å². The maximum Gasteiger partial charge on any atom is 0.130 e. The molecule has 1 unspecified atom stereocenters. The third-order valence-corrected chi connectivity index (χ3v) is 2.17. The Kier molecular flexibility index (Phi) is 3.47. The van der Waals surface area contributed by atoms with Gasteiger partial charge in [0.15, 0.2) is 0 Å². The van der Waals surface area contributed by atoms with Crippen LogP contribution in [0.2, 0.25) is 0 Å². The lowest BCUT2D eigenvalue weighted by molar-refractivity contribution is 0.540. The van der Waals surface area contributed by atoms with Crippen molar-refractivity contribution in [3.63, 3.8) is 0 Å². The minimum atomic E-state index is 0.507. The van der Waals surface area contributed by atoms with E-state index in [9.17, 15) is 0 Å². The van der Waals surface area contributed by atoms with Crippen molar-refractivity contribution in [2.45, 2.75) is 33.2 Å². The molecule has 1 heterocycles. The second kappa shape index (κ2) is 4.40. The summed E-state index contributed by atoms with van der Waals surface area (Å²) in [5.74, 6) is 0.730. The molecule has 0 fully saturated rings. The van der Waals surface area contributed by atoms with Crippen LogP contribution in [0.25, 0.3) is 0 Å². The normalized spacial score (nSPS) is 13.3. The molecule has 0 radical (unpaired) electrons. The zero-order chi connectivity index (χ0) is 8.97. The number of aromatic nitrogens is 2. The Balaban J connectivity index is 2.32. The van der Waals surface area contributed by atoms with Crippen molar-refractivity contribution < 1.29 is 0 Å². The lowest BCUT2D eigenvalue weighted by atomic mass is 10.1. The molecule has 12 heavy (non-hydrogen) atoms. The molecule has 1 N–H and O–H groups in total. The minimum Gasteiger partial charge on any atom is -0.372 e. The molecule has 0 aliphatic carbocycles. The number of hydrogen-bond donors (Lipinski definition) is 1. The summed E-state index contributed by atoms with van der Waals surface area (Å²) in [5, 5.41) is 8.17. The fraction of sp³-hybridized carbons (Fsp3) is 0.750. The van der Waals surface area contributed by atoms with Crippen molar-refractivity contribution in [2.24, 2.45) is 5.92 Å². The molecule has 0 aliphatic heterocycles. The average molecular weight is 185 g/mol. The summed E-state index contributed by atoms with van der Waals surface area (Å²) >= 11 is 1.41. The SMILES string of the molecule is CC(C)CC(C)Nc1cnns1. The molecule has 0 saturated carbocycles. The Morgan fingerprint density at radius 3 is 2.75 bits per heavy atom. The maximum absolute atomic E-state index is 3.78. The highest BCUT2D eigenvalue weighted by molar-refractivity contribution is 7.09. The van der Waals surface area contributed by atoms with Gasteiger partial charge in [-0.25, -0.2) is 0 Å². The predicted octanol–water partition coefficient (Wildman–Crippen LogP) is 2.38. The standard InChI is InChI=1S/C8H15N3S/c1-6(2)4-7(3)10-8-5-9-11-12-8/h5-7,10H,4H2,1-3H3. The lowest BCUT2D eigenvalue weighted by Gasteiger charge is -2.14. The van der Waals surface area contributed by atoms with Gasteiger partial charge in [0.1, 0.15) is 5.00 Å². The molecule has 0 saturated heterocycles. The molecule has 0 aromatic carbocycles. The molecule has 68 valence electrons. The third kappa shape index (κ3) is 3.17. The van der Waals surface area contributed by atoms with Gasteiger partial charge in [-0.3, -0.25) is 0 Å².